The Bertz CT molecular complexity index is 344. The van der Waals surface area contributed by atoms with Gasteiger partial charge in [0.25, 0.3) is 0 Å². The molecule has 1 saturated carbocycles. The second kappa shape index (κ2) is 5.72. The lowest BCUT2D eigenvalue weighted by atomic mass is 9.76. The molecule has 1 aliphatic carbocycles. The molecule has 2 nitrogen and oxygen atoms in total. The highest BCUT2D eigenvalue weighted by Crippen LogP contribution is 2.38. The predicted octanol–water partition coefficient (Wildman–Crippen LogP) is 3.93. The number of nitrogens with one attached hydrogen (secondary N) is 1. The summed E-state index contributed by atoms with van der Waals surface area (Å²) in [5, 5.41) is 3.51. The minimum absolute atomic E-state index is 0.478. The number of rotatable bonds is 4. The molecule has 0 aliphatic heterocycles. The first-order chi connectivity index (χ1) is 8.26. The highest BCUT2D eigenvalue weighted by Gasteiger charge is 2.28. The molecule has 1 aliphatic rings. The van der Waals surface area contributed by atoms with Crippen LogP contribution in [0.2, 0.25) is 0 Å². The van der Waals surface area contributed by atoms with E-state index >= 15 is 0 Å². The van der Waals surface area contributed by atoms with Gasteiger partial charge in [0.15, 0.2) is 0 Å². The van der Waals surface area contributed by atoms with Crippen LogP contribution in [0.25, 0.3) is 0 Å². The van der Waals surface area contributed by atoms with Crippen molar-refractivity contribution in [3.05, 3.63) is 23.7 Å². The van der Waals surface area contributed by atoms with Crippen LogP contribution in [-0.2, 0) is 6.42 Å². The average molecular weight is 235 g/mol. The van der Waals surface area contributed by atoms with Gasteiger partial charge in [0.1, 0.15) is 5.76 Å². The molecule has 2 rings (SSSR count). The van der Waals surface area contributed by atoms with Crippen LogP contribution in [0, 0.1) is 11.8 Å². The lowest BCUT2D eigenvalue weighted by Crippen LogP contribution is -2.29. The van der Waals surface area contributed by atoms with Crippen molar-refractivity contribution in [1.29, 1.82) is 0 Å². The van der Waals surface area contributed by atoms with Gasteiger partial charge in [-0.2, -0.15) is 0 Å². The molecule has 3 atom stereocenters. The van der Waals surface area contributed by atoms with Gasteiger partial charge in [0.05, 0.1) is 6.26 Å². The first-order valence-corrected chi connectivity index (χ1v) is 6.99. The molecule has 1 aromatic rings. The third-order valence-electron chi connectivity index (χ3n) is 4.20. The summed E-state index contributed by atoms with van der Waals surface area (Å²) in [7, 11) is 2.08. The van der Waals surface area contributed by atoms with Crippen molar-refractivity contribution in [3.8, 4) is 0 Å². The molecule has 0 bridgehead atoms. The number of hydrogen-bond donors (Lipinski definition) is 1. The smallest absolute Gasteiger partial charge is 0.108 e. The standard InChI is InChI=1S/C15H25NO/c1-4-14-13(8-9-17-14)15(16-3)12-7-5-6-11(2)10-12/h8-9,11-12,15-16H,4-7,10H2,1-3H3. The van der Waals surface area contributed by atoms with Gasteiger partial charge in [-0.15, -0.1) is 0 Å². The number of furan rings is 1. The van der Waals surface area contributed by atoms with E-state index in [2.05, 4.69) is 32.3 Å². The van der Waals surface area contributed by atoms with Crippen molar-refractivity contribution >= 4 is 0 Å². The van der Waals surface area contributed by atoms with Gasteiger partial charge in [-0.05, 0) is 37.8 Å². The Hall–Kier alpha value is -0.760. The van der Waals surface area contributed by atoms with Gasteiger partial charge in [0.2, 0.25) is 0 Å². The molecule has 0 aromatic carbocycles. The molecule has 96 valence electrons. The molecule has 1 heterocycles. The van der Waals surface area contributed by atoms with Crippen LogP contribution in [0.3, 0.4) is 0 Å². The molecule has 2 heteroatoms. The molecule has 3 unspecified atom stereocenters. The maximum atomic E-state index is 5.57. The molecule has 1 aromatic heterocycles. The predicted molar refractivity (Wildman–Crippen MR) is 71.0 cm³/mol. The normalized spacial score (nSPS) is 27.0. The molecule has 0 saturated heterocycles. The zero-order valence-corrected chi connectivity index (χ0v) is 11.3. The van der Waals surface area contributed by atoms with E-state index in [4.69, 9.17) is 4.42 Å². The summed E-state index contributed by atoms with van der Waals surface area (Å²) in [6.45, 7) is 4.55. The maximum Gasteiger partial charge on any atom is 0.108 e. The van der Waals surface area contributed by atoms with Gasteiger partial charge >= 0.3 is 0 Å². The zero-order chi connectivity index (χ0) is 12.3. The highest BCUT2D eigenvalue weighted by molar-refractivity contribution is 5.22. The lowest BCUT2D eigenvalue weighted by Gasteiger charge is -2.33. The van der Waals surface area contributed by atoms with E-state index in [1.165, 1.54) is 31.2 Å². The van der Waals surface area contributed by atoms with Crippen LogP contribution in [-0.4, -0.2) is 7.05 Å². The molecule has 17 heavy (non-hydrogen) atoms. The van der Waals surface area contributed by atoms with E-state index in [9.17, 15) is 0 Å². The van der Waals surface area contributed by atoms with Crippen LogP contribution in [0.15, 0.2) is 16.7 Å². The van der Waals surface area contributed by atoms with Crippen LogP contribution in [0.4, 0.5) is 0 Å². The summed E-state index contributed by atoms with van der Waals surface area (Å²) in [6.07, 6.45) is 8.31. The first-order valence-electron chi connectivity index (χ1n) is 6.99. The Balaban J connectivity index is 2.15. The van der Waals surface area contributed by atoms with E-state index in [0.717, 1.165) is 24.0 Å². The Labute approximate surface area is 105 Å². The minimum atomic E-state index is 0.478. The third-order valence-corrected chi connectivity index (χ3v) is 4.20. The van der Waals surface area contributed by atoms with Crippen LogP contribution < -0.4 is 5.32 Å². The maximum absolute atomic E-state index is 5.57. The lowest BCUT2D eigenvalue weighted by molar-refractivity contribution is 0.228. The van der Waals surface area contributed by atoms with E-state index < -0.39 is 0 Å². The molecule has 0 radical (unpaired) electrons. The SMILES string of the molecule is CCc1occc1C(NC)C1CCCC(C)C1. The Kier molecular flexibility index (Phi) is 4.27. The van der Waals surface area contributed by atoms with Crippen molar-refractivity contribution in [1.82, 2.24) is 5.32 Å². The second-order valence-corrected chi connectivity index (χ2v) is 5.45. The van der Waals surface area contributed by atoms with E-state index in [1.807, 2.05) is 6.26 Å². The molecule has 0 spiro atoms. The van der Waals surface area contributed by atoms with Crippen LogP contribution in [0.1, 0.15) is 56.9 Å². The van der Waals surface area contributed by atoms with E-state index in [1.54, 1.807) is 0 Å². The summed E-state index contributed by atoms with van der Waals surface area (Å²) in [6, 6.07) is 2.63. The summed E-state index contributed by atoms with van der Waals surface area (Å²) < 4.78 is 5.57. The van der Waals surface area contributed by atoms with E-state index in [0.29, 0.717) is 6.04 Å². The van der Waals surface area contributed by atoms with Crippen molar-refractivity contribution in [3.63, 3.8) is 0 Å². The fourth-order valence-electron chi connectivity index (χ4n) is 3.34. The number of aryl methyl sites for hydroxylation is 1. The number of hydrogen-bond acceptors (Lipinski definition) is 2. The van der Waals surface area contributed by atoms with Gasteiger partial charge in [0, 0.05) is 18.0 Å². The summed E-state index contributed by atoms with van der Waals surface area (Å²) in [4.78, 5) is 0. The Morgan fingerprint density at radius 1 is 1.47 bits per heavy atom. The van der Waals surface area contributed by atoms with Crippen LogP contribution >= 0.6 is 0 Å². The minimum Gasteiger partial charge on any atom is -0.469 e. The van der Waals surface area contributed by atoms with Crippen molar-refractivity contribution in [2.75, 3.05) is 7.05 Å². The summed E-state index contributed by atoms with van der Waals surface area (Å²) in [5.74, 6) is 2.80. The molecule has 0 amide bonds. The zero-order valence-electron chi connectivity index (χ0n) is 11.3. The summed E-state index contributed by atoms with van der Waals surface area (Å²) in [5.41, 5.74) is 1.38. The average Bonchev–Trinajstić information content (AvgIpc) is 2.78. The first kappa shape index (κ1) is 12.7. The largest absolute Gasteiger partial charge is 0.469 e. The van der Waals surface area contributed by atoms with Gasteiger partial charge in [-0.25, -0.2) is 0 Å². The van der Waals surface area contributed by atoms with Gasteiger partial charge < -0.3 is 9.73 Å². The van der Waals surface area contributed by atoms with Crippen LogP contribution in [0.5, 0.6) is 0 Å². The molecular formula is C15H25NO. The monoisotopic (exact) mass is 235 g/mol. The highest BCUT2D eigenvalue weighted by atomic mass is 16.3. The molecule has 1 fully saturated rings. The van der Waals surface area contributed by atoms with Gasteiger partial charge in [-0.1, -0.05) is 26.7 Å². The summed E-state index contributed by atoms with van der Waals surface area (Å²) >= 11 is 0. The topological polar surface area (TPSA) is 25.2 Å². The Morgan fingerprint density at radius 2 is 2.29 bits per heavy atom. The van der Waals surface area contributed by atoms with Crippen molar-refractivity contribution in [2.45, 2.75) is 52.0 Å². The molecule has 1 N–H and O–H groups in total. The Morgan fingerprint density at radius 3 is 2.94 bits per heavy atom. The second-order valence-electron chi connectivity index (χ2n) is 5.45. The quantitative estimate of drug-likeness (QED) is 0.855. The fraction of sp³-hybridized carbons (Fsp3) is 0.733. The fourth-order valence-corrected chi connectivity index (χ4v) is 3.34. The van der Waals surface area contributed by atoms with E-state index in [-0.39, 0.29) is 0 Å². The molecular weight excluding hydrogens is 210 g/mol. The van der Waals surface area contributed by atoms with Crippen molar-refractivity contribution in [2.24, 2.45) is 11.8 Å². The van der Waals surface area contributed by atoms with Gasteiger partial charge in [-0.3, -0.25) is 0 Å². The van der Waals surface area contributed by atoms with Crippen molar-refractivity contribution < 1.29 is 4.42 Å². The third kappa shape index (κ3) is 2.74.